The summed E-state index contributed by atoms with van der Waals surface area (Å²) in [6.07, 6.45) is -2.18. The highest BCUT2D eigenvalue weighted by Gasteiger charge is 2.46. The smallest absolute Gasteiger partial charge is 0.201 e. The number of hydrogen-bond donors (Lipinski definition) is 6. The van der Waals surface area contributed by atoms with Crippen LogP contribution in [0.2, 0.25) is 0 Å². The van der Waals surface area contributed by atoms with E-state index >= 15 is 0 Å². The number of anilines is 1. The summed E-state index contributed by atoms with van der Waals surface area (Å²) in [6, 6.07) is 6.79. The molecule has 0 aliphatic carbocycles. The lowest BCUT2D eigenvalue weighted by Crippen LogP contribution is -2.50. The zero-order chi connectivity index (χ0) is 19.4. The first-order chi connectivity index (χ1) is 13.0. The van der Waals surface area contributed by atoms with E-state index in [1.807, 2.05) is 24.3 Å². The van der Waals surface area contributed by atoms with Crippen LogP contribution in [-0.4, -0.2) is 68.9 Å². The number of para-hydroxylation sites is 2. The third-order valence-corrected chi connectivity index (χ3v) is 4.22. The largest absolute Gasteiger partial charge is 0.399 e. The molecule has 1 saturated heterocycles. The van der Waals surface area contributed by atoms with E-state index in [9.17, 15) is 10.2 Å². The summed E-state index contributed by atoms with van der Waals surface area (Å²) in [7, 11) is 0. The molecule has 0 bridgehead atoms. The SMILES string of the molecule is N/C(=C\N(N)C1C(OCCCl)OC(O)C1O)CNc1nc2ccccc2[nH]1. The predicted octanol–water partition coefficient (Wildman–Crippen LogP) is -0.390. The second-order valence-corrected chi connectivity index (χ2v) is 6.42. The van der Waals surface area contributed by atoms with Gasteiger partial charge in [0.15, 0.2) is 12.6 Å². The summed E-state index contributed by atoms with van der Waals surface area (Å²) in [5, 5.41) is 24.0. The predicted molar refractivity (Wildman–Crippen MR) is 100 cm³/mol. The first kappa shape index (κ1) is 19.7. The fourth-order valence-corrected chi connectivity index (χ4v) is 2.88. The molecule has 148 valence electrons. The number of alkyl halides is 1. The normalized spacial score (nSPS) is 25.9. The monoisotopic (exact) mass is 398 g/mol. The van der Waals surface area contributed by atoms with Crippen molar-refractivity contribution in [2.75, 3.05) is 24.3 Å². The number of nitrogens with zero attached hydrogens (tertiary/aromatic N) is 2. The molecule has 3 rings (SSSR count). The summed E-state index contributed by atoms with van der Waals surface area (Å²) < 4.78 is 10.5. The Labute approximate surface area is 160 Å². The minimum Gasteiger partial charge on any atom is -0.399 e. The van der Waals surface area contributed by atoms with Crippen LogP contribution in [0.3, 0.4) is 0 Å². The van der Waals surface area contributed by atoms with Gasteiger partial charge >= 0.3 is 0 Å². The van der Waals surface area contributed by atoms with Crippen LogP contribution in [0.25, 0.3) is 11.0 Å². The van der Waals surface area contributed by atoms with Crippen molar-refractivity contribution in [2.24, 2.45) is 11.6 Å². The van der Waals surface area contributed by atoms with Crippen LogP contribution in [0.1, 0.15) is 0 Å². The van der Waals surface area contributed by atoms with E-state index in [1.54, 1.807) is 0 Å². The number of halogens is 1. The van der Waals surface area contributed by atoms with Crippen LogP contribution >= 0.6 is 11.6 Å². The molecule has 1 aliphatic rings. The van der Waals surface area contributed by atoms with Crippen LogP contribution in [0.5, 0.6) is 0 Å². The number of ether oxygens (including phenoxy) is 2. The van der Waals surface area contributed by atoms with Gasteiger partial charge in [-0.25, -0.2) is 10.8 Å². The lowest BCUT2D eigenvalue weighted by atomic mass is 10.2. The van der Waals surface area contributed by atoms with Gasteiger partial charge in [-0.2, -0.15) is 0 Å². The molecular weight excluding hydrogens is 376 g/mol. The average molecular weight is 399 g/mol. The van der Waals surface area contributed by atoms with Gasteiger partial charge in [0.1, 0.15) is 12.1 Å². The van der Waals surface area contributed by atoms with Gasteiger partial charge in [0.05, 0.1) is 24.2 Å². The van der Waals surface area contributed by atoms with E-state index < -0.39 is 24.7 Å². The summed E-state index contributed by atoms with van der Waals surface area (Å²) in [5.41, 5.74) is 8.12. The topological polar surface area (TPSA) is 155 Å². The summed E-state index contributed by atoms with van der Waals surface area (Å²) in [4.78, 5) is 7.52. The fraction of sp³-hybridized carbons (Fsp3) is 0.438. The molecule has 2 heterocycles. The summed E-state index contributed by atoms with van der Waals surface area (Å²) in [6.45, 7) is 0.440. The van der Waals surface area contributed by atoms with Gasteiger partial charge in [0.2, 0.25) is 5.95 Å². The highest BCUT2D eigenvalue weighted by Crippen LogP contribution is 2.24. The summed E-state index contributed by atoms with van der Waals surface area (Å²) in [5.74, 6) is 6.79. The molecule has 1 aromatic carbocycles. The van der Waals surface area contributed by atoms with Crippen LogP contribution < -0.4 is 16.9 Å². The van der Waals surface area contributed by atoms with E-state index in [1.165, 1.54) is 6.20 Å². The van der Waals surface area contributed by atoms with E-state index in [0.29, 0.717) is 11.6 Å². The lowest BCUT2D eigenvalue weighted by molar-refractivity contribution is -0.198. The Morgan fingerprint density at radius 1 is 1.44 bits per heavy atom. The molecule has 27 heavy (non-hydrogen) atoms. The molecule has 8 N–H and O–H groups in total. The van der Waals surface area contributed by atoms with Crippen molar-refractivity contribution < 1.29 is 19.7 Å². The van der Waals surface area contributed by atoms with Crippen LogP contribution in [0.15, 0.2) is 36.2 Å². The second kappa shape index (κ2) is 8.74. The Bertz CT molecular complexity index is 754. The molecule has 4 atom stereocenters. The molecule has 1 fully saturated rings. The van der Waals surface area contributed by atoms with Crippen molar-refractivity contribution in [1.29, 1.82) is 0 Å². The van der Waals surface area contributed by atoms with Gasteiger partial charge in [-0.15, -0.1) is 11.6 Å². The summed E-state index contributed by atoms with van der Waals surface area (Å²) >= 11 is 5.59. The Kier molecular flexibility index (Phi) is 6.37. The van der Waals surface area contributed by atoms with Gasteiger partial charge in [0.25, 0.3) is 0 Å². The number of hydrazine groups is 1. The molecule has 0 radical (unpaired) electrons. The van der Waals surface area contributed by atoms with E-state index in [2.05, 4.69) is 15.3 Å². The molecule has 11 heteroatoms. The van der Waals surface area contributed by atoms with E-state index in [-0.39, 0.29) is 19.0 Å². The van der Waals surface area contributed by atoms with Crippen LogP contribution in [0, 0.1) is 0 Å². The number of rotatable bonds is 8. The number of aliphatic hydroxyl groups is 2. The first-order valence-electron chi connectivity index (χ1n) is 8.36. The molecule has 0 amide bonds. The number of nitrogens with two attached hydrogens (primary N) is 2. The number of aliphatic hydroxyl groups excluding tert-OH is 2. The Hall–Kier alpha value is -2.08. The molecule has 0 saturated carbocycles. The number of hydrogen-bond acceptors (Lipinski definition) is 9. The quantitative estimate of drug-likeness (QED) is 0.198. The first-order valence-corrected chi connectivity index (χ1v) is 8.90. The standard InChI is InChI=1S/C16H23ClN6O4/c17-5-6-26-15-12(13(24)14(25)27-15)23(19)8-9(18)7-20-16-21-10-3-1-2-4-11(10)22-16/h1-4,8,12-15,24-25H,5-7,18-19H2,(H2,20,21,22)/b9-8-. The number of fused-ring (bicyclic) bond motifs is 1. The molecule has 1 aromatic heterocycles. The number of imidazole rings is 1. The minimum absolute atomic E-state index is 0.183. The van der Waals surface area contributed by atoms with Crippen LogP contribution in [-0.2, 0) is 9.47 Å². The van der Waals surface area contributed by atoms with Gasteiger partial charge in [-0.05, 0) is 12.1 Å². The van der Waals surface area contributed by atoms with Gasteiger partial charge in [-0.1, -0.05) is 12.1 Å². The van der Waals surface area contributed by atoms with E-state index in [4.69, 9.17) is 32.7 Å². The van der Waals surface area contributed by atoms with Gasteiger partial charge in [-0.3, -0.25) is 0 Å². The Balaban J connectivity index is 1.61. The highest BCUT2D eigenvalue weighted by atomic mass is 35.5. The molecule has 2 aromatic rings. The molecule has 10 nitrogen and oxygen atoms in total. The number of aromatic amines is 1. The number of benzene rings is 1. The van der Waals surface area contributed by atoms with Crippen LogP contribution in [0.4, 0.5) is 5.95 Å². The van der Waals surface area contributed by atoms with Crippen molar-refractivity contribution in [2.45, 2.75) is 24.7 Å². The number of H-pyrrole nitrogens is 1. The lowest BCUT2D eigenvalue weighted by Gasteiger charge is -2.28. The van der Waals surface area contributed by atoms with Gasteiger partial charge < -0.3 is 40.7 Å². The Morgan fingerprint density at radius 2 is 2.22 bits per heavy atom. The maximum absolute atomic E-state index is 10.1. The maximum Gasteiger partial charge on any atom is 0.201 e. The second-order valence-electron chi connectivity index (χ2n) is 6.04. The third kappa shape index (κ3) is 4.61. The van der Waals surface area contributed by atoms with Crippen molar-refractivity contribution in [3.8, 4) is 0 Å². The van der Waals surface area contributed by atoms with Gasteiger partial charge in [0, 0.05) is 17.8 Å². The molecular formula is C16H23ClN6O4. The minimum atomic E-state index is -1.41. The number of aromatic nitrogens is 2. The maximum atomic E-state index is 10.1. The zero-order valence-electron chi connectivity index (χ0n) is 14.5. The molecule has 4 unspecified atom stereocenters. The molecule has 0 spiro atoms. The highest BCUT2D eigenvalue weighted by molar-refractivity contribution is 6.17. The van der Waals surface area contributed by atoms with Crippen molar-refractivity contribution in [3.05, 3.63) is 36.2 Å². The zero-order valence-corrected chi connectivity index (χ0v) is 15.2. The number of nitrogens with one attached hydrogen (secondary N) is 2. The van der Waals surface area contributed by atoms with E-state index in [0.717, 1.165) is 16.0 Å². The average Bonchev–Trinajstić information content (AvgIpc) is 3.18. The fourth-order valence-electron chi connectivity index (χ4n) is 2.79. The van der Waals surface area contributed by atoms with Crippen molar-refractivity contribution >= 4 is 28.6 Å². The third-order valence-electron chi connectivity index (χ3n) is 4.06. The van der Waals surface area contributed by atoms with Crippen molar-refractivity contribution in [1.82, 2.24) is 15.0 Å². The Morgan fingerprint density at radius 3 is 2.96 bits per heavy atom. The van der Waals surface area contributed by atoms with Crippen molar-refractivity contribution in [3.63, 3.8) is 0 Å². The molecule has 1 aliphatic heterocycles.